The minimum atomic E-state index is -0.742. The molecule has 0 unspecified atom stereocenters. The van der Waals surface area contributed by atoms with Gasteiger partial charge < -0.3 is 88.2 Å². The topological polar surface area (TPSA) is 581 Å². The molecule has 143 heavy (non-hydrogen) atoms. The molecule has 17 amide bonds. The van der Waals surface area contributed by atoms with Crippen molar-refractivity contribution in [2.75, 3.05) is 132 Å². The van der Waals surface area contributed by atoms with E-state index in [0.29, 0.717) is 146 Å². The van der Waals surface area contributed by atoms with E-state index in [9.17, 15) is 95.9 Å². The predicted octanol–water partition coefficient (Wildman–Crippen LogP) is 9.58. The summed E-state index contributed by atoms with van der Waals surface area (Å²) in [7, 11) is 0. The minimum Gasteiger partial charge on any atom is -0.379 e. The lowest BCUT2D eigenvalue weighted by molar-refractivity contribution is -0.140. The molecule has 3 aliphatic rings. The smallest absolute Gasteiger partial charge is 0.312 e. The first-order chi connectivity index (χ1) is 66.4. The number of rotatable bonds is 68. The van der Waals surface area contributed by atoms with Crippen molar-refractivity contribution >= 4 is 118 Å². The van der Waals surface area contributed by atoms with Crippen LogP contribution in [0.5, 0.6) is 0 Å². The molecule has 824 valence electrons. The van der Waals surface area contributed by atoms with Crippen LogP contribution in [0.1, 0.15) is 321 Å². The van der Waals surface area contributed by atoms with Gasteiger partial charge in [-0.3, -0.25) is 96.2 Å². The Labute approximate surface area is 852 Å². The van der Waals surface area contributed by atoms with Crippen LogP contribution in [0.15, 0.2) is 0 Å². The number of Topliss-reactive ketones (excluding diaryl/α,β-unsaturated/α-hetero) is 6. The van der Waals surface area contributed by atoms with Crippen molar-refractivity contribution in [1.82, 2.24) is 57.2 Å². The molecule has 3 saturated heterocycles. The standard InChI is InChI=1S/C34H59N5O11.C29H49N5O9.C25H42N4O6.3C5H12/c1-24(2)31(26(40)23-25(32(45)34(3,4)5)7-6-12-37-33(35)46)38-28(42)11-15-47-17-19-49-21-22-50-20-18-48-16-13-36-27(41)10-14-39-29(43)8-9-30(39)44;1-19(2)27(22(35)18-21(28(40)20(3)4)6-5-11-32-29(30)41)33-24(37)10-14-42-16-17-43-15-12-31-23(36)9-13-34-25(38)7-8-26(34)39;1-16(2)23(19(30)15-18(24(34)17(3)4)9-8-13-27-25(26)35)28-20(31)10-6-5-7-14-29-21(32)11-12-22(29)33;3*1-5(2,3)4/h24-25,31H,6-23H2,1-5H3,(H,36,41)(H,38,42)(H3,35,37,46);19-21,27H,5-18H2,1-4H3,(H,31,36)(H,33,37)(H3,30,32,41);16-18,23H,5-15H2,1-4H3,(H,28,31)(H3,26,27,35);3*1-4H3/t25-,31+;21-,27+;18-,23+;;;/m111.../s1. The van der Waals surface area contributed by atoms with Crippen molar-refractivity contribution < 1.29 is 124 Å². The van der Waals surface area contributed by atoms with Crippen LogP contribution in [0.3, 0.4) is 0 Å². The molecule has 3 fully saturated rings. The Morgan fingerprint density at radius 2 is 0.531 bits per heavy atom. The van der Waals surface area contributed by atoms with Crippen LogP contribution < -0.4 is 59.7 Å². The van der Waals surface area contributed by atoms with Gasteiger partial charge in [0.15, 0.2) is 17.3 Å². The third-order valence-corrected chi connectivity index (χ3v) is 20.9. The van der Waals surface area contributed by atoms with Crippen LogP contribution in [0.4, 0.5) is 14.4 Å². The number of imide groups is 3. The van der Waals surface area contributed by atoms with Crippen molar-refractivity contribution in [2.45, 2.75) is 339 Å². The molecule has 40 heteroatoms. The molecule has 0 aromatic heterocycles. The van der Waals surface area contributed by atoms with Crippen LogP contribution in [0.25, 0.3) is 0 Å². The first kappa shape index (κ1) is 137. The number of amides is 17. The number of carbonyl (C=O) groups is 20. The Kier molecular flexibility index (Phi) is 73.1. The van der Waals surface area contributed by atoms with Crippen LogP contribution in [-0.2, 0) is 110 Å². The van der Waals surface area contributed by atoms with Gasteiger partial charge in [-0.1, -0.05) is 180 Å². The number of ketones is 6. The van der Waals surface area contributed by atoms with Gasteiger partial charge in [-0.2, -0.15) is 0 Å². The van der Waals surface area contributed by atoms with E-state index in [0.717, 1.165) is 9.80 Å². The summed E-state index contributed by atoms with van der Waals surface area (Å²) >= 11 is 0. The monoisotopic (exact) mass is 2040 g/mol. The molecule has 0 aliphatic carbocycles. The Balaban J connectivity index is -0.00000193. The highest BCUT2D eigenvalue weighted by molar-refractivity contribution is 6.04. The van der Waals surface area contributed by atoms with Gasteiger partial charge in [0.1, 0.15) is 17.3 Å². The summed E-state index contributed by atoms with van der Waals surface area (Å²) in [6.45, 7) is 55.2. The lowest BCUT2D eigenvalue weighted by Gasteiger charge is -2.27. The number of hydrogen-bond donors (Lipinski definition) is 11. The lowest BCUT2D eigenvalue weighted by atomic mass is 9.78. The molecule has 3 rings (SSSR count). The molecule has 0 radical (unpaired) electrons. The zero-order valence-corrected chi connectivity index (χ0v) is 91.4. The second-order valence-corrected chi connectivity index (χ2v) is 43.5. The van der Waals surface area contributed by atoms with Gasteiger partial charge in [-0.05, 0) is 85.4 Å². The predicted molar refractivity (Wildman–Crippen MR) is 545 cm³/mol. The second kappa shape index (κ2) is 76.0. The number of primary amides is 3. The maximum Gasteiger partial charge on any atom is 0.312 e. The third kappa shape index (κ3) is 75.7. The zero-order valence-electron chi connectivity index (χ0n) is 91.4. The molecule has 40 nitrogen and oxygen atoms in total. The quantitative estimate of drug-likeness (QED) is 0.0199. The van der Waals surface area contributed by atoms with Crippen molar-refractivity contribution in [3.05, 3.63) is 0 Å². The van der Waals surface area contributed by atoms with E-state index in [1.54, 1.807) is 48.5 Å². The maximum atomic E-state index is 13.2. The number of ether oxygens (including phenoxy) is 6. The van der Waals surface area contributed by atoms with Gasteiger partial charge in [-0.25, -0.2) is 14.4 Å². The number of likely N-dealkylation sites (tertiary alicyclic amines) is 3. The number of nitrogens with zero attached hydrogens (tertiary/aromatic N) is 3. The van der Waals surface area contributed by atoms with Gasteiger partial charge in [0.2, 0.25) is 65.0 Å². The summed E-state index contributed by atoms with van der Waals surface area (Å²) in [5.74, 6) is -5.88. The fraction of sp³-hybridized carbons (Fsp3) is 0.806. The van der Waals surface area contributed by atoms with E-state index in [1.807, 2.05) is 41.5 Å². The summed E-state index contributed by atoms with van der Waals surface area (Å²) in [5, 5.41) is 21.2. The minimum absolute atomic E-state index is 0.00278. The van der Waals surface area contributed by atoms with Gasteiger partial charge >= 0.3 is 18.1 Å². The first-order valence-corrected chi connectivity index (χ1v) is 51.1. The van der Waals surface area contributed by atoms with Crippen LogP contribution in [-0.4, -0.2) is 282 Å². The molecule has 0 aromatic rings. The zero-order chi connectivity index (χ0) is 110. The number of nitrogens with two attached hydrogens (primary N) is 3. The molecule has 0 bridgehead atoms. The lowest BCUT2D eigenvalue weighted by Crippen LogP contribution is -2.46. The number of unbranched alkanes of at least 4 members (excludes halogenated alkanes) is 2. The van der Waals surface area contributed by atoms with E-state index in [2.05, 4.69) is 126 Å². The highest BCUT2D eigenvalue weighted by Crippen LogP contribution is 2.29. The first-order valence-electron chi connectivity index (χ1n) is 51.1. The van der Waals surface area contributed by atoms with E-state index in [-0.39, 0.29) is 278 Å². The van der Waals surface area contributed by atoms with E-state index in [1.165, 1.54) is 4.90 Å². The van der Waals surface area contributed by atoms with E-state index < -0.39 is 59.4 Å². The summed E-state index contributed by atoms with van der Waals surface area (Å²) in [6, 6.07) is -4.09. The van der Waals surface area contributed by atoms with Crippen LogP contribution in [0, 0.1) is 69.0 Å². The normalized spacial score (nSPS) is 14.5. The Morgan fingerprint density at radius 1 is 0.287 bits per heavy atom. The molecule has 14 N–H and O–H groups in total. The molecule has 0 saturated carbocycles. The number of nitrogens with one attached hydrogen (secondary N) is 8. The van der Waals surface area contributed by atoms with Gasteiger partial charge in [0.25, 0.3) is 0 Å². The van der Waals surface area contributed by atoms with Crippen molar-refractivity contribution in [2.24, 2.45) is 86.2 Å². The number of urea groups is 3. The van der Waals surface area contributed by atoms with Gasteiger partial charge in [-0.15, -0.1) is 0 Å². The third-order valence-electron chi connectivity index (χ3n) is 20.9. The summed E-state index contributed by atoms with van der Waals surface area (Å²) in [5.41, 5.74) is 16.1. The van der Waals surface area contributed by atoms with Crippen LogP contribution >= 0.6 is 0 Å². The van der Waals surface area contributed by atoms with E-state index >= 15 is 0 Å². The summed E-state index contributed by atoms with van der Waals surface area (Å²) < 4.78 is 32.6. The Bertz CT molecular complexity index is 3790. The SMILES string of the molecule is CC(C)(C)C.CC(C)(C)C.CC(C)(C)C.CC(C)C(=O)[C@H](CCCNC(N)=O)CC(=O)[C@@H](NC(=O)CCCCCN1C(=O)CCC1=O)C(C)C.CC(C)C(=O)[C@H](CCCNC(N)=O)CC(=O)[C@@H](NC(=O)CCOCCOCCNC(=O)CCN1C(=O)CCC1=O)C(C)C.CC(C)[C@H](NC(=O)CCOCCOCCOCCOCCNC(=O)CCN1C(=O)CCC1=O)C(=O)C[C@@H](CCCNC(N)=O)C(=O)C(C)(C)C. The highest BCUT2D eigenvalue weighted by Gasteiger charge is 2.37. The maximum absolute atomic E-state index is 13.2. The fourth-order valence-corrected chi connectivity index (χ4v) is 13.8. The second-order valence-electron chi connectivity index (χ2n) is 43.5. The number of hydrogen-bond acceptors (Lipinski definition) is 26. The highest BCUT2D eigenvalue weighted by atomic mass is 16.6. The Hall–Kier alpha value is -9.64. The Morgan fingerprint density at radius 3 is 0.790 bits per heavy atom. The molecule has 3 aliphatic heterocycles. The van der Waals surface area contributed by atoms with Crippen molar-refractivity contribution in [3.8, 4) is 0 Å². The average molecular weight is 2040 g/mol. The summed E-state index contributed by atoms with van der Waals surface area (Å²) in [6.07, 6.45) is 6.57. The fourth-order valence-electron chi connectivity index (χ4n) is 13.8. The largest absolute Gasteiger partial charge is 0.379 e. The molecule has 0 spiro atoms. The van der Waals surface area contributed by atoms with Crippen molar-refractivity contribution in [3.63, 3.8) is 0 Å². The van der Waals surface area contributed by atoms with Crippen LogP contribution in [0.2, 0.25) is 0 Å². The van der Waals surface area contributed by atoms with Crippen molar-refractivity contribution in [1.29, 1.82) is 0 Å². The molecular weight excluding hydrogens is 1850 g/mol. The molecule has 0 aromatic carbocycles. The van der Waals surface area contributed by atoms with Gasteiger partial charge in [0, 0.05) is 177 Å². The molecule has 3 heterocycles. The van der Waals surface area contributed by atoms with Gasteiger partial charge in [0.05, 0.1) is 97.4 Å². The average Bonchev–Trinajstić information content (AvgIpc) is 1.67. The summed E-state index contributed by atoms with van der Waals surface area (Å²) in [4.78, 5) is 245. The number of carbonyl (C=O) groups excluding carboxylic acids is 20. The molecule has 6 atom stereocenters. The van der Waals surface area contributed by atoms with E-state index in [4.69, 9.17) is 45.6 Å². The molecular formula is C103H186N14O26.